The van der Waals surface area contributed by atoms with Gasteiger partial charge >= 0.3 is 0 Å². The molecule has 1 rings (SSSR count). The summed E-state index contributed by atoms with van der Waals surface area (Å²) in [6.45, 7) is 6.02. The molecule has 70 valence electrons. The Labute approximate surface area is 73.9 Å². The topological polar surface area (TPSA) is 41.1 Å². The molecular weight excluding hydrogens is 152 g/mol. The molecule has 1 aliphatic carbocycles. The van der Waals surface area contributed by atoms with E-state index in [1.165, 1.54) is 19.8 Å². The van der Waals surface area contributed by atoms with E-state index in [1.54, 1.807) is 0 Å². The van der Waals surface area contributed by atoms with Crippen LogP contribution in [-0.4, -0.2) is 11.9 Å². The minimum absolute atomic E-state index is 0.0111. The lowest BCUT2D eigenvalue weighted by Gasteiger charge is -2.38. The Hall–Kier alpha value is -0.570. The van der Waals surface area contributed by atoms with E-state index in [9.17, 15) is 4.79 Å². The third-order valence-electron chi connectivity index (χ3n) is 2.57. The van der Waals surface area contributed by atoms with Crippen LogP contribution in [0.3, 0.4) is 0 Å². The van der Waals surface area contributed by atoms with Crippen molar-refractivity contribution in [3.8, 4) is 0 Å². The quantitative estimate of drug-likeness (QED) is 0.622. The molecule has 0 spiro atoms. The zero-order valence-corrected chi connectivity index (χ0v) is 8.05. The minimum Gasteiger partial charge on any atom is -0.292 e. The Kier molecular flexibility index (Phi) is 3.09. The first-order chi connectivity index (χ1) is 5.59. The summed E-state index contributed by atoms with van der Waals surface area (Å²) in [6.07, 6.45) is 2.38. The van der Waals surface area contributed by atoms with Crippen molar-refractivity contribution in [1.82, 2.24) is 10.9 Å². The van der Waals surface area contributed by atoms with E-state index in [-0.39, 0.29) is 5.91 Å². The van der Waals surface area contributed by atoms with Crippen molar-refractivity contribution in [3.63, 3.8) is 0 Å². The van der Waals surface area contributed by atoms with E-state index in [2.05, 4.69) is 24.7 Å². The highest BCUT2D eigenvalue weighted by molar-refractivity contribution is 5.72. The number of carbonyl (C=O) groups excluding carboxylic acids is 1. The molecule has 0 atom stereocenters. The molecule has 3 heteroatoms. The van der Waals surface area contributed by atoms with Crippen LogP contribution in [0.5, 0.6) is 0 Å². The Morgan fingerprint density at radius 2 is 2.00 bits per heavy atom. The van der Waals surface area contributed by atoms with Crippen LogP contribution in [0.1, 0.15) is 33.6 Å². The molecule has 0 aliphatic heterocycles. The maximum Gasteiger partial charge on any atom is 0.230 e. The van der Waals surface area contributed by atoms with Gasteiger partial charge in [-0.05, 0) is 24.7 Å². The molecule has 1 fully saturated rings. The Balaban J connectivity index is 2.06. The SMILES string of the molecule is CC(=O)NNC1CC(C(C)C)C1. The van der Waals surface area contributed by atoms with Crippen molar-refractivity contribution < 1.29 is 4.79 Å². The Morgan fingerprint density at radius 1 is 1.42 bits per heavy atom. The predicted octanol–water partition coefficient (Wildman–Crippen LogP) is 1.06. The number of carbonyl (C=O) groups is 1. The summed E-state index contributed by atoms with van der Waals surface area (Å²) >= 11 is 0. The molecule has 1 saturated carbocycles. The van der Waals surface area contributed by atoms with Crippen molar-refractivity contribution in [2.45, 2.75) is 39.7 Å². The highest BCUT2D eigenvalue weighted by atomic mass is 16.2. The standard InChI is InChI=1S/C9H18N2O/c1-6(2)8-4-9(5-8)11-10-7(3)12/h6,8-9,11H,4-5H2,1-3H3,(H,10,12). The fourth-order valence-corrected chi connectivity index (χ4v) is 1.53. The second kappa shape index (κ2) is 3.90. The Bertz CT molecular complexity index is 162. The second-order valence-corrected chi connectivity index (χ2v) is 4.00. The maximum atomic E-state index is 10.5. The molecule has 0 aromatic carbocycles. The van der Waals surface area contributed by atoms with Gasteiger partial charge in [-0.1, -0.05) is 13.8 Å². The van der Waals surface area contributed by atoms with Crippen LogP contribution in [0.4, 0.5) is 0 Å². The van der Waals surface area contributed by atoms with Crippen LogP contribution in [0.25, 0.3) is 0 Å². The van der Waals surface area contributed by atoms with Gasteiger partial charge in [0.1, 0.15) is 0 Å². The highest BCUT2D eigenvalue weighted by Crippen LogP contribution is 2.32. The molecule has 0 radical (unpaired) electrons. The van der Waals surface area contributed by atoms with Crippen molar-refractivity contribution in [2.75, 3.05) is 0 Å². The van der Waals surface area contributed by atoms with Crippen LogP contribution in [0, 0.1) is 11.8 Å². The summed E-state index contributed by atoms with van der Waals surface area (Å²) in [4.78, 5) is 10.5. The molecule has 0 bridgehead atoms. The van der Waals surface area contributed by atoms with Crippen molar-refractivity contribution in [3.05, 3.63) is 0 Å². The summed E-state index contributed by atoms with van der Waals surface area (Å²) in [5.74, 6) is 1.61. The van der Waals surface area contributed by atoms with Crippen LogP contribution in [-0.2, 0) is 4.79 Å². The van der Waals surface area contributed by atoms with E-state index in [0.29, 0.717) is 6.04 Å². The van der Waals surface area contributed by atoms with Crippen molar-refractivity contribution in [2.24, 2.45) is 11.8 Å². The first kappa shape index (κ1) is 9.52. The van der Waals surface area contributed by atoms with E-state index in [0.717, 1.165) is 11.8 Å². The minimum atomic E-state index is -0.0111. The first-order valence-corrected chi connectivity index (χ1v) is 4.61. The van der Waals surface area contributed by atoms with Gasteiger partial charge in [-0.2, -0.15) is 0 Å². The van der Waals surface area contributed by atoms with Gasteiger partial charge < -0.3 is 0 Å². The third-order valence-corrected chi connectivity index (χ3v) is 2.57. The second-order valence-electron chi connectivity index (χ2n) is 4.00. The summed E-state index contributed by atoms with van der Waals surface area (Å²) in [7, 11) is 0. The number of amides is 1. The van der Waals surface area contributed by atoms with Crippen LogP contribution in [0.2, 0.25) is 0 Å². The number of rotatable bonds is 3. The number of hydrogen-bond acceptors (Lipinski definition) is 2. The van der Waals surface area contributed by atoms with Crippen molar-refractivity contribution in [1.29, 1.82) is 0 Å². The van der Waals surface area contributed by atoms with Gasteiger partial charge in [0.05, 0.1) is 0 Å². The summed E-state index contributed by atoms with van der Waals surface area (Å²) in [5.41, 5.74) is 5.62. The fraction of sp³-hybridized carbons (Fsp3) is 0.889. The van der Waals surface area contributed by atoms with Crippen LogP contribution < -0.4 is 10.9 Å². The van der Waals surface area contributed by atoms with Crippen LogP contribution in [0.15, 0.2) is 0 Å². The lowest BCUT2D eigenvalue weighted by atomic mass is 9.74. The predicted molar refractivity (Wildman–Crippen MR) is 48.3 cm³/mol. The van der Waals surface area contributed by atoms with E-state index in [4.69, 9.17) is 0 Å². The molecule has 0 unspecified atom stereocenters. The zero-order valence-electron chi connectivity index (χ0n) is 8.05. The monoisotopic (exact) mass is 170 g/mol. The number of hydrogen-bond donors (Lipinski definition) is 2. The average Bonchev–Trinajstić information content (AvgIpc) is 1.82. The maximum absolute atomic E-state index is 10.5. The molecule has 2 N–H and O–H groups in total. The molecule has 0 aromatic rings. The summed E-state index contributed by atoms with van der Waals surface area (Å²) in [5, 5.41) is 0. The van der Waals surface area contributed by atoms with Crippen molar-refractivity contribution >= 4 is 5.91 Å². The molecule has 0 aromatic heterocycles. The van der Waals surface area contributed by atoms with E-state index in [1.807, 2.05) is 0 Å². The molecule has 0 heterocycles. The summed E-state index contributed by atoms with van der Waals surface area (Å²) < 4.78 is 0. The summed E-state index contributed by atoms with van der Waals surface area (Å²) in [6, 6.07) is 0.501. The number of nitrogens with one attached hydrogen (secondary N) is 2. The third kappa shape index (κ3) is 2.48. The molecule has 1 amide bonds. The zero-order chi connectivity index (χ0) is 9.14. The Morgan fingerprint density at radius 3 is 2.42 bits per heavy atom. The van der Waals surface area contributed by atoms with Gasteiger partial charge in [0, 0.05) is 13.0 Å². The van der Waals surface area contributed by atoms with Gasteiger partial charge in [-0.15, -0.1) is 0 Å². The molecular formula is C9H18N2O. The van der Waals surface area contributed by atoms with Gasteiger partial charge in [-0.25, -0.2) is 5.43 Å². The van der Waals surface area contributed by atoms with Gasteiger partial charge in [0.2, 0.25) is 5.91 Å². The number of hydrazine groups is 1. The molecule has 1 aliphatic rings. The lowest BCUT2D eigenvalue weighted by molar-refractivity contribution is -0.120. The first-order valence-electron chi connectivity index (χ1n) is 4.61. The van der Waals surface area contributed by atoms with Gasteiger partial charge in [-0.3, -0.25) is 10.2 Å². The van der Waals surface area contributed by atoms with Gasteiger partial charge in [0.25, 0.3) is 0 Å². The van der Waals surface area contributed by atoms with E-state index >= 15 is 0 Å². The molecule has 12 heavy (non-hydrogen) atoms. The van der Waals surface area contributed by atoms with Gasteiger partial charge in [0.15, 0.2) is 0 Å². The normalized spacial score (nSPS) is 28.3. The van der Waals surface area contributed by atoms with Crippen LogP contribution >= 0.6 is 0 Å². The smallest absolute Gasteiger partial charge is 0.230 e. The van der Waals surface area contributed by atoms with E-state index < -0.39 is 0 Å². The highest BCUT2D eigenvalue weighted by Gasteiger charge is 2.30. The lowest BCUT2D eigenvalue weighted by Crippen LogP contribution is -2.50. The average molecular weight is 170 g/mol. The molecule has 0 saturated heterocycles. The largest absolute Gasteiger partial charge is 0.292 e. The molecule has 3 nitrogen and oxygen atoms in total. The fourth-order valence-electron chi connectivity index (χ4n) is 1.53.